The standard InChI is InChI=1S/C14H11N3/c15-13-6-8-16-9-12(13)10-3-1-5-14-11(10)4-2-7-17-14/h1-9H,(H2,15,16). The van der Waals surface area contributed by atoms with Gasteiger partial charge in [0.15, 0.2) is 0 Å². The van der Waals surface area contributed by atoms with Gasteiger partial charge in [-0.1, -0.05) is 18.2 Å². The molecule has 0 atom stereocenters. The van der Waals surface area contributed by atoms with E-state index < -0.39 is 0 Å². The van der Waals surface area contributed by atoms with Crippen molar-refractivity contribution >= 4 is 16.6 Å². The van der Waals surface area contributed by atoms with Crippen LogP contribution in [-0.4, -0.2) is 9.97 Å². The third-order valence-corrected chi connectivity index (χ3v) is 2.79. The molecule has 17 heavy (non-hydrogen) atoms. The average Bonchev–Trinajstić information content (AvgIpc) is 2.39. The number of aromatic nitrogens is 2. The van der Waals surface area contributed by atoms with E-state index in [0.717, 1.165) is 27.7 Å². The van der Waals surface area contributed by atoms with Gasteiger partial charge in [-0.25, -0.2) is 0 Å². The molecule has 2 aromatic heterocycles. The summed E-state index contributed by atoms with van der Waals surface area (Å²) in [7, 11) is 0. The van der Waals surface area contributed by atoms with Crippen LogP contribution in [0.15, 0.2) is 55.0 Å². The van der Waals surface area contributed by atoms with E-state index >= 15 is 0 Å². The third-order valence-electron chi connectivity index (χ3n) is 2.79. The molecule has 1 aromatic carbocycles. The molecule has 0 aliphatic heterocycles. The maximum atomic E-state index is 5.98. The lowest BCUT2D eigenvalue weighted by atomic mass is 10.0. The quantitative estimate of drug-likeness (QED) is 0.687. The van der Waals surface area contributed by atoms with Gasteiger partial charge in [-0.05, 0) is 23.8 Å². The van der Waals surface area contributed by atoms with Gasteiger partial charge < -0.3 is 5.73 Å². The number of rotatable bonds is 1. The van der Waals surface area contributed by atoms with Crippen molar-refractivity contribution in [2.45, 2.75) is 0 Å². The summed E-state index contributed by atoms with van der Waals surface area (Å²) in [4.78, 5) is 8.46. The zero-order chi connectivity index (χ0) is 11.7. The van der Waals surface area contributed by atoms with Crippen molar-refractivity contribution in [1.82, 2.24) is 9.97 Å². The summed E-state index contributed by atoms with van der Waals surface area (Å²) in [6, 6.07) is 11.8. The molecule has 3 rings (SSSR count). The van der Waals surface area contributed by atoms with Crippen molar-refractivity contribution in [2.24, 2.45) is 0 Å². The van der Waals surface area contributed by atoms with Gasteiger partial charge in [0.25, 0.3) is 0 Å². The maximum absolute atomic E-state index is 5.98. The summed E-state index contributed by atoms with van der Waals surface area (Å²) in [6.45, 7) is 0. The molecule has 2 N–H and O–H groups in total. The minimum absolute atomic E-state index is 0.733. The van der Waals surface area contributed by atoms with Gasteiger partial charge in [-0.2, -0.15) is 0 Å². The Hall–Kier alpha value is -2.42. The summed E-state index contributed by atoms with van der Waals surface area (Å²) >= 11 is 0. The number of hydrogen-bond donors (Lipinski definition) is 1. The lowest BCUT2D eigenvalue weighted by Crippen LogP contribution is -1.91. The van der Waals surface area contributed by atoms with Crippen LogP contribution in [0.5, 0.6) is 0 Å². The van der Waals surface area contributed by atoms with E-state index in [1.807, 2.05) is 36.4 Å². The minimum atomic E-state index is 0.733. The molecule has 0 unspecified atom stereocenters. The van der Waals surface area contributed by atoms with Gasteiger partial charge in [0.2, 0.25) is 0 Å². The fourth-order valence-electron chi connectivity index (χ4n) is 1.97. The number of hydrogen-bond acceptors (Lipinski definition) is 3. The number of benzene rings is 1. The highest BCUT2D eigenvalue weighted by Gasteiger charge is 2.06. The first-order valence-electron chi connectivity index (χ1n) is 5.40. The average molecular weight is 221 g/mol. The highest BCUT2D eigenvalue weighted by Crippen LogP contribution is 2.30. The first-order valence-corrected chi connectivity index (χ1v) is 5.40. The van der Waals surface area contributed by atoms with Gasteiger partial charge in [0, 0.05) is 35.2 Å². The SMILES string of the molecule is Nc1ccncc1-c1cccc2ncccc12. The molecule has 3 nitrogen and oxygen atoms in total. The molecule has 0 spiro atoms. The van der Waals surface area contributed by atoms with Gasteiger partial charge in [0.05, 0.1) is 5.52 Å². The summed E-state index contributed by atoms with van der Waals surface area (Å²) in [6.07, 6.45) is 5.28. The molecule has 0 fully saturated rings. The van der Waals surface area contributed by atoms with Gasteiger partial charge in [-0.15, -0.1) is 0 Å². The second kappa shape index (κ2) is 3.87. The van der Waals surface area contributed by atoms with Crippen LogP contribution in [0.2, 0.25) is 0 Å². The summed E-state index contributed by atoms with van der Waals surface area (Å²) in [5, 5.41) is 1.09. The van der Waals surface area contributed by atoms with E-state index in [2.05, 4.69) is 9.97 Å². The van der Waals surface area contributed by atoms with Gasteiger partial charge >= 0.3 is 0 Å². The van der Waals surface area contributed by atoms with Crippen molar-refractivity contribution in [3.8, 4) is 11.1 Å². The number of fused-ring (bicyclic) bond motifs is 1. The number of nitrogens with zero attached hydrogens (tertiary/aromatic N) is 2. The van der Waals surface area contributed by atoms with E-state index in [9.17, 15) is 0 Å². The summed E-state index contributed by atoms with van der Waals surface area (Å²) in [5.74, 6) is 0. The van der Waals surface area contributed by atoms with Crippen molar-refractivity contribution in [1.29, 1.82) is 0 Å². The topological polar surface area (TPSA) is 51.8 Å². The van der Waals surface area contributed by atoms with Crippen molar-refractivity contribution < 1.29 is 0 Å². The molecule has 0 aliphatic carbocycles. The van der Waals surface area contributed by atoms with Crippen LogP contribution in [0.1, 0.15) is 0 Å². The molecule has 3 heteroatoms. The van der Waals surface area contributed by atoms with E-state index in [1.165, 1.54) is 0 Å². The Kier molecular flexibility index (Phi) is 2.22. The van der Waals surface area contributed by atoms with Crippen LogP contribution < -0.4 is 5.73 Å². The van der Waals surface area contributed by atoms with Crippen LogP contribution in [-0.2, 0) is 0 Å². The number of pyridine rings is 2. The Balaban J connectivity index is 2.35. The molecule has 0 aliphatic rings. The smallest absolute Gasteiger partial charge is 0.0708 e. The second-order valence-corrected chi connectivity index (χ2v) is 3.84. The van der Waals surface area contributed by atoms with Crippen molar-refractivity contribution in [2.75, 3.05) is 5.73 Å². The third kappa shape index (κ3) is 1.61. The van der Waals surface area contributed by atoms with Crippen LogP contribution in [0.25, 0.3) is 22.0 Å². The first kappa shape index (κ1) is 9.78. The molecule has 0 radical (unpaired) electrons. The lowest BCUT2D eigenvalue weighted by Gasteiger charge is -2.07. The Morgan fingerprint density at radius 2 is 1.82 bits per heavy atom. The lowest BCUT2D eigenvalue weighted by molar-refractivity contribution is 1.33. The Morgan fingerprint density at radius 3 is 2.71 bits per heavy atom. The number of nitrogen functional groups attached to an aromatic ring is 1. The normalized spacial score (nSPS) is 10.6. The van der Waals surface area contributed by atoms with E-state index in [-0.39, 0.29) is 0 Å². The first-order chi connectivity index (χ1) is 8.36. The fourth-order valence-corrected chi connectivity index (χ4v) is 1.97. The molecule has 0 amide bonds. The molecule has 0 saturated heterocycles. The maximum Gasteiger partial charge on any atom is 0.0708 e. The second-order valence-electron chi connectivity index (χ2n) is 3.84. The summed E-state index contributed by atoms with van der Waals surface area (Å²) in [5.41, 5.74) is 9.70. The molecular formula is C14H11N3. The molecule has 82 valence electrons. The Labute approximate surface area is 98.9 Å². The van der Waals surface area contributed by atoms with E-state index in [1.54, 1.807) is 18.6 Å². The Morgan fingerprint density at radius 1 is 0.882 bits per heavy atom. The highest BCUT2D eigenvalue weighted by molar-refractivity contribution is 5.97. The van der Waals surface area contributed by atoms with Crippen LogP contribution in [0.3, 0.4) is 0 Å². The van der Waals surface area contributed by atoms with Crippen LogP contribution >= 0.6 is 0 Å². The van der Waals surface area contributed by atoms with Gasteiger partial charge in [-0.3, -0.25) is 9.97 Å². The predicted octanol–water partition coefficient (Wildman–Crippen LogP) is 2.88. The molecule has 2 heterocycles. The summed E-state index contributed by atoms with van der Waals surface area (Å²) < 4.78 is 0. The monoisotopic (exact) mass is 221 g/mol. The predicted molar refractivity (Wildman–Crippen MR) is 69.4 cm³/mol. The van der Waals surface area contributed by atoms with Crippen molar-refractivity contribution in [3.63, 3.8) is 0 Å². The van der Waals surface area contributed by atoms with Crippen molar-refractivity contribution in [3.05, 3.63) is 55.0 Å². The Bertz CT molecular complexity index is 672. The number of nitrogens with two attached hydrogens (primary N) is 1. The fraction of sp³-hybridized carbons (Fsp3) is 0. The number of anilines is 1. The zero-order valence-electron chi connectivity index (χ0n) is 9.17. The molecule has 0 saturated carbocycles. The zero-order valence-corrected chi connectivity index (χ0v) is 9.17. The minimum Gasteiger partial charge on any atom is -0.398 e. The van der Waals surface area contributed by atoms with Crippen LogP contribution in [0.4, 0.5) is 5.69 Å². The highest BCUT2D eigenvalue weighted by atomic mass is 14.7. The van der Waals surface area contributed by atoms with Gasteiger partial charge in [0.1, 0.15) is 0 Å². The van der Waals surface area contributed by atoms with E-state index in [4.69, 9.17) is 5.73 Å². The molecular weight excluding hydrogens is 210 g/mol. The largest absolute Gasteiger partial charge is 0.398 e. The van der Waals surface area contributed by atoms with Crippen LogP contribution in [0, 0.1) is 0 Å². The molecule has 3 aromatic rings. The molecule has 0 bridgehead atoms. The van der Waals surface area contributed by atoms with E-state index in [0.29, 0.717) is 0 Å².